The average molecular weight is 361 g/mol. The number of anilines is 1. The van der Waals surface area contributed by atoms with Crippen molar-refractivity contribution in [3.63, 3.8) is 0 Å². The van der Waals surface area contributed by atoms with E-state index < -0.39 is 0 Å². The van der Waals surface area contributed by atoms with Crippen LogP contribution in [0.1, 0.15) is 37.4 Å². The molecule has 1 saturated carbocycles. The maximum absolute atomic E-state index is 9.66. The van der Waals surface area contributed by atoms with E-state index in [1.54, 1.807) is 0 Å². The summed E-state index contributed by atoms with van der Waals surface area (Å²) in [5.41, 5.74) is 8.64. The number of benzene rings is 1. The molecule has 0 radical (unpaired) electrons. The molecular formula is C16H17BrN4O. The molecule has 0 saturated heterocycles. The number of fused-ring (bicyclic) bond motifs is 3. The number of aromatic nitrogens is 3. The summed E-state index contributed by atoms with van der Waals surface area (Å²) in [4.78, 5) is 12.6. The van der Waals surface area contributed by atoms with E-state index in [9.17, 15) is 5.11 Å². The van der Waals surface area contributed by atoms with Crippen molar-refractivity contribution in [2.24, 2.45) is 0 Å². The maximum Gasteiger partial charge on any atom is 0.150 e. The second kappa shape index (κ2) is 5.21. The molecular weight excluding hydrogens is 344 g/mol. The third kappa shape index (κ3) is 2.27. The molecule has 6 heteroatoms. The summed E-state index contributed by atoms with van der Waals surface area (Å²) in [5, 5.41) is 10.7. The number of nitrogens with two attached hydrogens (primary N) is 1. The quantitative estimate of drug-likeness (QED) is 0.619. The van der Waals surface area contributed by atoms with Crippen LogP contribution in [0.5, 0.6) is 0 Å². The highest BCUT2D eigenvalue weighted by Gasteiger charge is 2.24. The molecule has 1 aliphatic rings. The highest BCUT2D eigenvalue weighted by atomic mass is 79.9. The van der Waals surface area contributed by atoms with Gasteiger partial charge in [0.1, 0.15) is 22.7 Å². The van der Waals surface area contributed by atoms with Gasteiger partial charge in [-0.3, -0.25) is 0 Å². The Bertz CT molecular complexity index is 852. The molecule has 5 nitrogen and oxygen atoms in total. The predicted octanol–water partition coefficient (Wildman–Crippen LogP) is 3.47. The minimum Gasteiger partial charge on any atom is -0.393 e. The van der Waals surface area contributed by atoms with Crippen molar-refractivity contribution in [2.75, 3.05) is 5.73 Å². The van der Waals surface area contributed by atoms with Crippen LogP contribution in [-0.4, -0.2) is 26.2 Å². The number of nitrogens with one attached hydrogen (secondary N) is 1. The van der Waals surface area contributed by atoms with Crippen LogP contribution in [0, 0.1) is 0 Å². The lowest BCUT2D eigenvalue weighted by atomic mass is 9.87. The Morgan fingerprint density at radius 2 is 1.95 bits per heavy atom. The Hall–Kier alpha value is -1.66. The van der Waals surface area contributed by atoms with E-state index in [1.165, 1.54) is 0 Å². The minimum atomic E-state index is -0.162. The fourth-order valence-corrected chi connectivity index (χ4v) is 3.65. The Morgan fingerprint density at radius 3 is 2.73 bits per heavy atom. The number of halogens is 1. The molecule has 0 aliphatic heterocycles. The number of hydrogen-bond donors (Lipinski definition) is 3. The number of aliphatic hydroxyl groups excluding tert-OH is 1. The number of imidazole rings is 1. The first kappa shape index (κ1) is 14.0. The van der Waals surface area contributed by atoms with Crippen LogP contribution in [0.2, 0.25) is 0 Å². The standard InChI is InChI=1S/C16H17BrN4O/c17-9-3-6-11-12(7-9)19-15(18)14-13(11)20-16(21-14)8-1-4-10(22)5-2-8/h3,6-8,10,22H,1-2,4-5H2,(H2,18,19)(H,20,21). The Morgan fingerprint density at radius 1 is 1.18 bits per heavy atom. The zero-order chi connectivity index (χ0) is 15.3. The van der Waals surface area contributed by atoms with Gasteiger partial charge in [-0.05, 0) is 43.9 Å². The van der Waals surface area contributed by atoms with Gasteiger partial charge in [0.2, 0.25) is 0 Å². The lowest BCUT2D eigenvalue weighted by Gasteiger charge is -2.23. The SMILES string of the molecule is Nc1nc2cc(Br)ccc2c2nc(C3CCC(O)CC3)[nH]c12. The monoisotopic (exact) mass is 360 g/mol. The number of hydrogen-bond acceptors (Lipinski definition) is 4. The van der Waals surface area contributed by atoms with Crippen molar-refractivity contribution in [1.29, 1.82) is 0 Å². The molecule has 2 heterocycles. The predicted molar refractivity (Wildman–Crippen MR) is 90.7 cm³/mol. The van der Waals surface area contributed by atoms with Gasteiger partial charge >= 0.3 is 0 Å². The van der Waals surface area contributed by atoms with Gasteiger partial charge in [-0.15, -0.1) is 0 Å². The van der Waals surface area contributed by atoms with Crippen molar-refractivity contribution in [2.45, 2.75) is 37.7 Å². The first-order valence-electron chi connectivity index (χ1n) is 7.54. The van der Waals surface area contributed by atoms with Crippen molar-refractivity contribution in [3.05, 3.63) is 28.5 Å². The van der Waals surface area contributed by atoms with Crippen LogP contribution < -0.4 is 5.73 Å². The molecule has 0 spiro atoms. The van der Waals surface area contributed by atoms with E-state index in [2.05, 4.69) is 25.9 Å². The summed E-state index contributed by atoms with van der Waals surface area (Å²) >= 11 is 3.46. The molecule has 2 aromatic heterocycles. The molecule has 1 aliphatic carbocycles. The summed E-state index contributed by atoms with van der Waals surface area (Å²) in [6.45, 7) is 0. The van der Waals surface area contributed by atoms with E-state index in [0.29, 0.717) is 11.7 Å². The molecule has 0 amide bonds. The third-order valence-corrected chi connectivity index (χ3v) is 5.01. The Labute approximate surface area is 136 Å². The highest BCUT2D eigenvalue weighted by Crippen LogP contribution is 2.35. The molecule has 114 valence electrons. The number of aliphatic hydroxyl groups is 1. The minimum absolute atomic E-state index is 0.162. The Kier molecular flexibility index (Phi) is 3.31. The van der Waals surface area contributed by atoms with Crippen LogP contribution in [0.25, 0.3) is 21.9 Å². The van der Waals surface area contributed by atoms with Crippen LogP contribution in [0.15, 0.2) is 22.7 Å². The molecule has 0 bridgehead atoms. The summed E-state index contributed by atoms with van der Waals surface area (Å²) in [6, 6.07) is 5.96. The van der Waals surface area contributed by atoms with E-state index in [1.807, 2.05) is 18.2 Å². The van der Waals surface area contributed by atoms with Crippen molar-refractivity contribution in [1.82, 2.24) is 15.0 Å². The number of rotatable bonds is 1. The van der Waals surface area contributed by atoms with Crippen molar-refractivity contribution in [3.8, 4) is 0 Å². The van der Waals surface area contributed by atoms with Crippen molar-refractivity contribution < 1.29 is 5.11 Å². The number of pyridine rings is 1. The smallest absolute Gasteiger partial charge is 0.150 e. The number of H-pyrrole nitrogens is 1. The van der Waals surface area contributed by atoms with Crippen molar-refractivity contribution >= 4 is 43.7 Å². The molecule has 4 rings (SSSR count). The van der Waals surface area contributed by atoms with Gasteiger partial charge in [-0.2, -0.15) is 0 Å². The highest BCUT2D eigenvalue weighted by molar-refractivity contribution is 9.10. The third-order valence-electron chi connectivity index (χ3n) is 4.52. The fraction of sp³-hybridized carbons (Fsp3) is 0.375. The van der Waals surface area contributed by atoms with Gasteiger partial charge < -0.3 is 15.8 Å². The number of nitrogen functional groups attached to an aromatic ring is 1. The van der Waals surface area contributed by atoms with Gasteiger partial charge in [0, 0.05) is 15.8 Å². The summed E-state index contributed by atoms with van der Waals surface area (Å²) in [7, 11) is 0. The lowest BCUT2D eigenvalue weighted by molar-refractivity contribution is 0.121. The Balaban J connectivity index is 1.86. The summed E-state index contributed by atoms with van der Waals surface area (Å²) < 4.78 is 0.975. The molecule has 0 unspecified atom stereocenters. The topological polar surface area (TPSA) is 87.8 Å². The lowest BCUT2D eigenvalue weighted by Crippen LogP contribution is -2.17. The summed E-state index contributed by atoms with van der Waals surface area (Å²) in [5.74, 6) is 1.81. The molecule has 0 atom stereocenters. The van der Waals surface area contributed by atoms with Crippen LogP contribution in [0.3, 0.4) is 0 Å². The second-order valence-electron chi connectivity index (χ2n) is 6.01. The van der Waals surface area contributed by atoms with Gasteiger partial charge in [-0.1, -0.05) is 15.9 Å². The van der Waals surface area contributed by atoms with E-state index in [0.717, 1.165) is 57.9 Å². The van der Waals surface area contributed by atoms with E-state index >= 15 is 0 Å². The first-order valence-corrected chi connectivity index (χ1v) is 8.33. The number of nitrogens with zero attached hydrogens (tertiary/aromatic N) is 2. The second-order valence-corrected chi connectivity index (χ2v) is 6.93. The molecule has 1 aromatic carbocycles. The molecule has 3 aromatic rings. The number of aromatic amines is 1. The van der Waals surface area contributed by atoms with Crippen LogP contribution in [0.4, 0.5) is 5.82 Å². The van der Waals surface area contributed by atoms with Gasteiger partial charge in [0.05, 0.1) is 11.6 Å². The van der Waals surface area contributed by atoms with Crippen LogP contribution >= 0.6 is 15.9 Å². The maximum atomic E-state index is 9.66. The average Bonchev–Trinajstić information content (AvgIpc) is 2.93. The van der Waals surface area contributed by atoms with Gasteiger partial charge in [0.25, 0.3) is 0 Å². The van der Waals surface area contributed by atoms with Gasteiger partial charge in [-0.25, -0.2) is 9.97 Å². The summed E-state index contributed by atoms with van der Waals surface area (Å²) in [6.07, 6.45) is 3.42. The largest absolute Gasteiger partial charge is 0.393 e. The zero-order valence-corrected chi connectivity index (χ0v) is 13.6. The molecule has 4 N–H and O–H groups in total. The normalized spacial score (nSPS) is 22.5. The zero-order valence-electron chi connectivity index (χ0n) is 12.0. The van der Waals surface area contributed by atoms with Crippen LogP contribution in [-0.2, 0) is 0 Å². The van der Waals surface area contributed by atoms with Gasteiger partial charge in [0.15, 0.2) is 0 Å². The molecule has 1 fully saturated rings. The van der Waals surface area contributed by atoms with E-state index in [-0.39, 0.29) is 6.10 Å². The fourth-order valence-electron chi connectivity index (χ4n) is 3.30. The molecule has 22 heavy (non-hydrogen) atoms. The van der Waals surface area contributed by atoms with E-state index in [4.69, 9.17) is 10.7 Å². The first-order chi connectivity index (χ1) is 10.6.